The third kappa shape index (κ3) is 3.84. The molecule has 0 bridgehead atoms. The van der Waals surface area contributed by atoms with Crippen molar-refractivity contribution in [3.05, 3.63) is 48.4 Å². The van der Waals surface area contributed by atoms with Crippen LogP contribution < -0.4 is 4.74 Å². The van der Waals surface area contributed by atoms with Crippen LogP contribution in [-0.4, -0.2) is 55.8 Å². The number of ether oxygens (including phenoxy) is 1. The number of benzene rings is 1. The van der Waals surface area contributed by atoms with Crippen LogP contribution in [0.25, 0.3) is 22.0 Å². The number of pyridine rings is 1. The van der Waals surface area contributed by atoms with Gasteiger partial charge in [-0.15, -0.1) is 0 Å². The van der Waals surface area contributed by atoms with E-state index in [4.69, 9.17) is 4.74 Å². The number of rotatable bonds is 4. The summed E-state index contributed by atoms with van der Waals surface area (Å²) in [6, 6.07) is 9.99. The van der Waals surface area contributed by atoms with Crippen molar-refractivity contribution in [3.8, 4) is 16.9 Å². The van der Waals surface area contributed by atoms with Gasteiger partial charge in [-0.25, -0.2) is 4.79 Å². The van der Waals surface area contributed by atoms with Crippen molar-refractivity contribution in [2.24, 2.45) is 0 Å². The van der Waals surface area contributed by atoms with Crippen LogP contribution in [0.5, 0.6) is 5.75 Å². The molecule has 28 heavy (non-hydrogen) atoms. The van der Waals surface area contributed by atoms with Crippen molar-refractivity contribution >= 4 is 46.4 Å². The van der Waals surface area contributed by atoms with E-state index in [9.17, 15) is 9.90 Å². The zero-order valence-corrected chi connectivity index (χ0v) is 15.7. The van der Waals surface area contributed by atoms with Crippen LogP contribution in [0.2, 0.25) is 0 Å². The average molecular weight is 388 g/mol. The van der Waals surface area contributed by atoms with Gasteiger partial charge in [0.05, 0.1) is 0 Å². The summed E-state index contributed by atoms with van der Waals surface area (Å²) in [5.74, 6) is -0.407. The molecule has 2 aromatic heterocycles. The van der Waals surface area contributed by atoms with Crippen LogP contribution in [0.1, 0.15) is 38.8 Å². The number of aliphatic carboxylic acids is 1. The minimum absolute atomic E-state index is 0. The molecule has 6 heteroatoms. The molecule has 0 amide bonds. The summed E-state index contributed by atoms with van der Waals surface area (Å²) in [4.78, 5) is 15.6. The normalized spacial score (nSPS) is 14.1. The standard InChI is InChI=1S/C22H24N2O3.Na.H/c1-22(2,21(25)26)27-16-7-8-18-17(14-16)20(15-9-11-23-12-10-15)19-6-4-3-5-13-24(18)19;;/h7-12,14H,3-6,13H2,1-2H3,(H,25,26);;. The third-order valence-electron chi connectivity index (χ3n) is 5.29. The predicted molar refractivity (Wildman–Crippen MR) is 112 cm³/mol. The van der Waals surface area contributed by atoms with Gasteiger partial charge in [-0.3, -0.25) is 4.98 Å². The maximum absolute atomic E-state index is 11.4. The van der Waals surface area contributed by atoms with Gasteiger partial charge >= 0.3 is 35.5 Å². The zero-order valence-electron chi connectivity index (χ0n) is 15.7. The monoisotopic (exact) mass is 388 g/mol. The molecule has 0 aliphatic carbocycles. The van der Waals surface area contributed by atoms with E-state index in [2.05, 4.69) is 15.6 Å². The number of hydrogen-bond donors (Lipinski definition) is 1. The first kappa shape index (κ1) is 20.9. The van der Waals surface area contributed by atoms with Gasteiger partial charge in [0.15, 0.2) is 5.60 Å². The van der Waals surface area contributed by atoms with E-state index in [1.807, 2.05) is 36.7 Å². The molecule has 0 radical (unpaired) electrons. The van der Waals surface area contributed by atoms with E-state index in [1.54, 1.807) is 13.8 Å². The fourth-order valence-corrected chi connectivity index (χ4v) is 3.88. The topological polar surface area (TPSA) is 64.4 Å². The first-order chi connectivity index (χ1) is 13.0. The SMILES string of the molecule is CC(C)(Oc1ccc2c(c1)c(-c1ccncc1)c1n2CCCCC1)C(=O)O.[NaH]. The number of hydrogen-bond acceptors (Lipinski definition) is 3. The molecule has 0 spiro atoms. The van der Waals surface area contributed by atoms with Crippen molar-refractivity contribution in [2.75, 3.05) is 0 Å². The molecule has 1 aliphatic heterocycles. The molecule has 3 heterocycles. The maximum atomic E-state index is 11.4. The van der Waals surface area contributed by atoms with Gasteiger partial charge < -0.3 is 14.4 Å². The number of carboxylic acids is 1. The summed E-state index contributed by atoms with van der Waals surface area (Å²) in [5, 5.41) is 10.5. The van der Waals surface area contributed by atoms with Crippen molar-refractivity contribution in [1.29, 1.82) is 0 Å². The molecular weight excluding hydrogens is 363 g/mol. The second-order valence-electron chi connectivity index (χ2n) is 7.62. The molecule has 142 valence electrons. The van der Waals surface area contributed by atoms with Gasteiger partial charge in [-0.1, -0.05) is 6.42 Å². The predicted octanol–water partition coefficient (Wildman–Crippen LogP) is 4.02. The Morgan fingerprint density at radius 3 is 2.61 bits per heavy atom. The Labute approximate surface area is 187 Å². The van der Waals surface area contributed by atoms with Crippen molar-refractivity contribution in [2.45, 2.75) is 51.7 Å². The molecular formula is C22H25N2NaO3. The fourth-order valence-electron chi connectivity index (χ4n) is 3.88. The van der Waals surface area contributed by atoms with Crippen LogP contribution in [0, 0.1) is 0 Å². The molecule has 0 unspecified atom stereocenters. The van der Waals surface area contributed by atoms with Crippen molar-refractivity contribution < 1.29 is 14.6 Å². The zero-order chi connectivity index (χ0) is 19.0. The Bertz CT molecular complexity index is 996. The van der Waals surface area contributed by atoms with Gasteiger partial charge in [0, 0.05) is 41.1 Å². The van der Waals surface area contributed by atoms with Gasteiger partial charge in [0.2, 0.25) is 0 Å². The summed E-state index contributed by atoms with van der Waals surface area (Å²) < 4.78 is 8.22. The summed E-state index contributed by atoms with van der Waals surface area (Å²) in [5.41, 5.74) is 3.61. The van der Waals surface area contributed by atoms with E-state index in [0.29, 0.717) is 5.75 Å². The van der Waals surface area contributed by atoms with Crippen LogP contribution in [0.15, 0.2) is 42.7 Å². The first-order valence-corrected chi connectivity index (χ1v) is 9.45. The molecule has 0 fully saturated rings. The van der Waals surface area contributed by atoms with E-state index in [-0.39, 0.29) is 29.6 Å². The summed E-state index contributed by atoms with van der Waals surface area (Å²) in [7, 11) is 0. The molecule has 5 nitrogen and oxygen atoms in total. The molecule has 1 aromatic carbocycles. The molecule has 3 aromatic rings. The van der Waals surface area contributed by atoms with Gasteiger partial charge in [0.1, 0.15) is 5.75 Å². The van der Waals surface area contributed by atoms with E-state index >= 15 is 0 Å². The Hall–Kier alpha value is -1.82. The summed E-state index contributed by atoms with van der Waals surface area (Å²) >= 11 is 0. The van der Waals surface area contributed by atoms with E-state index in [0.717, 1.165) is 23.9 Å². The molecule has 0 saturated heterocycles. The van der Waals surface area contributed by atoms with E-state index < -0.39 is 11.6 Å². The molecule has 1 aliphatic rings. The second kappa shape index (κ2) is 8.27. The second-order valence-corrected chi connectivity index (χ2v) is 7.62. The number of nitrogens with zero attached hydrogens (tertiary/aromatic N) is 2. The van der Waals surface area contributed by atoms with Crippen LogP contribution in [0.3, 0.4) is 0 Å². The quantitative estimate of drug-likeness (QED) is 0.686. The molecule has 0 atom stereocenters. The average Bonchev–Trinajstić information content (AvgIpc) is 2.78. The van der Waals surface area contributed by atoms with Gasteiger partial charge in [0.25, 0.3) is 0 Å². The summed E-state index contributed by atoms with van der Waals surface area (Å²) in [6.45, 7) is 4.15. The van der Waals surface area contributed by atoms with E-state index in [1.165, 1.54) is 36.0 Å². The number of carboxylic acid groups (broad SMARTS) is 1. The molecule has 4 rings (SSSR count). The first-order valence-electron chi connectivity index (χ1n) is 9.45. The Morgan fingerprint density at radius 2 is 1.89 bits per heavy atom. The van der Waals surface area contributed by atoms with Crippen molar-refractivity contribution in [1.82, 2.24) is 9.55 Å². The molecule has 0 saturated carbocycles. The number of aromatic nitrogens is 2. The van der Waals surface area contributed by atoms with Gasteiger partial charge in [-0.2, -0.15) is 0 Å². The Kier molecular flexibility index (Phi) is 6.18. The third-order valence-corrected chi connectivity index (χ3v) is 5.29. The number of aryl methyl sites for hydroxylation is 1. The van der Waals surface area contributed by atoms with Crippen molar-refractivity contribution in [3.63, 3.8) is 0 Å². The van der Waals surface area contributed by atoms with Crippen LogP contribution >= 0.6 is 0 Å². The minimum atomic E-state index is -1.28. The van der Waals surface area contributed by atoms with Gasteiger partial charge in [-0.05, 0) is 69.0 Å². The number of fused-ring (bicyclic) bond motifs is 3. The summed E-state index contributed by atoms with van der Waals surface area (Å²) in [6.07, 6.45) is 8.28. The molecule has 1 N–H and O–H groups in total. The fraction of sp³-hybridized carbons (Fsp3) is 0.364. The number of carbonyl (C=O) groups is 1. The Morgan fingerprint density at radius 1 is 1.14 bits per heavy atom. The Balaban J connectivity index is 0.00000225. The van der Waals surface area contributed by atoms with Crippen LogP contribution in [-0.2, 0) is 17.8 Å². The van der Waals surface area contributed by atoms with Crippen LogP contribution in [0.4, 0.5) is 0 Å².